The maximum Gasteiger partial charge on any atom is 0.231 e. The van der Waals surface area contributed by atoms with Crippen LogP contribution < -0.4 is 14.8 Å². The smallest absolute Gasteiger partial charge is 0.231 e. The van der Waals surface area contributed by atoms with Crippen LogP contribution in [0.25, 0.3) is 0 Å². The van der Waals surface area contributed by atoms with Crippen molar-refractivity contribution in [2.45, 2.75) is 32.7 Å². The van der Waals surface area contributed by atoms with Crippen molar-refractivity contribution in [2.24, 2.45) is 0 Å². The minimum Gasteiger partial charge on any atom is -0.454 e. The minimum atomic E-state index is -0.142. The number of aryl methyl sites for hydroxylation is 1. The van der Waals surface area contributed by atoms with Crippen molar-refractivity contribution < 1.29 is 19.1 Å². The molecule has 25 heavy (non-hydrogen) atoms. The third-order valence-electron chi connectivity index (χ3n) is 4.19. The van der Waals surface area contributed by atoms with Gasteiger partial charge in [0.25, 0.3) is 0 Å². The molecule has 5 nitrogen and oxygen atoms in total. The van der Waals surface area contributed by atoms with Crippen LogP contribution in [0, 0.1) is 0 Å². The molecule has 0 unspecified atom stereocenters. The summed E-state index contributed by atoms with van der Waals surface area (Å²) in [7, 11) is 0. The van der Waals surface area contributed by atoms with Crippen LogP contribution in [0.2, 0.25) is 0 Å². The third-order valence-corrected chi connectivity index (χ3v) is 4.19. The fourth-order valence-electron chi connectivity index (χ4n) is 2.64. The highest BCUT2D eigenvalue weighted by Gasteiger charge is 2.14. The van der Waals surface area contributed by atoms with Crippen molar-refractivity contribution in [2.75, 3.05) is 6.79 Å². The van der Waals surface area contributed by atoms with Gasteiger partial charge in [0.2, 0.25) is 12.7 Å². The fraction of sp³-hybridized carbons (Fsp3) is 0.300. The molecular weight excluding hydrogens is 318 g/mol. The zero-order chi connectivity index (χ0) is 17.6. The number of Topliss-reactive ketones (excluding diaryl/α,β-unsaturated/α-hetero) is 1. The van der Waals surface area contributed by atoms with Gasteiger partial charge in [0.15, 0.2) is 17.3 Å². The number of hydrogen-bond donors (Lipinski definition) is 1. The van der Waals surface area contributed by atoms with Crippen molar-refractivity contribution in [1.82, 2.24) is 5.32 Å². The molecule has 5 heteroatoms. The van der Waals surface area contributed by atoms with Gasteiger partial charge < -0.3 is 14.8 Å². The summed E-state index contributed by atoms with van der Waals surface area (Å²) in [5, 5.41) is 2.83. The van der Waals surface area contributed by atoms with Crippen LogP contribution in [0.4, 0.5) is 0 Å². The zero-order valence-electron chi connectivity index (χ0n) is 14.2. The molecule has 0 aliphatic carbocycles. The first kappa shape index (κ1) is 17.0. The van der Waals surface area contributed by atoms with E-state index in [0.717, 1.165) is 17.7 Å². The Morgan fingerprint density at radius 3 is 2.44 bits per heavy atom. The van der Waals surface area contributed by atoms with Crippen molar-refractivity contribution in [3.05, 3.63) is 59.2 Å². The molecule has 3 rings (SSSR count). The lowest BCUT2D eigenvalue weighted by atomic mass is 10.0. The summed E-state index contributed by atoms with van der Waals surface area (Å²) in [5.74, 6) is 1.25. The summed E-state index contributed by atoms with van der Waals surface area (Å²) < 4.78 is 10.6. The molecule has 1 amide bonds. The SMILES string of the molecule is CCc1ccc(C(=O)CCC(=O)NCc2ccc3c(c2)OCO3)cc1. The summed E-state index contributed by atoms with van der Waals surface area (Å²) in [6.07, 6.45) is 1.33. The quantitative estimate of drug-likeness (QED) is 0.787. The first-order valence-electron chi connectivity index (χ1n) is 8.43. The van der Waals surface area contributed by atoms with Gasteiger partial charge in [0, 0.05) is 24.9 Å². The van der Waals surface area contributed by atoms with Crippen molar-refractivity contribution in [3.63, 3.8) is 0 Å². The van der Waals surface area contributed by atoms with E-state index < -0.39 is 0 Å². The van der Waals surface area contributed by atoms with Crippen LogP contribution in [0.3, 0.4) is 0 Å². The van der Waals surface area contributed by atoms with Gasteiger partial charge in [0.05, 0.1) is 0 Å². The lowest BCUT2D eigenvalue weighted by molar-refractivity contribution is -0.121. The molecule has 0 atom stereocenters. The summed E-state index contributed by atoms with van der Waals surface area (Å²) in [5.41, 5.74) is 2.78. The second kappa shape index (κ2) is 7.83. The number of amides is 1. The summed E-state index contributed by atoms with van der Waals surface area (Å²) >= 11 is 0. The lowest BCUT2D eigenvalue weighted by Crippen LogP contribution is -2.23. The van der Waals surface area contributed by atoms with Crippen LogP contribution in [0.1, 0.15) is 41.3 Å². The molecule has 0 aromatic heterocycles. The molecule has 2 aromatic carbocycles. The molecule has 0 spiro atoms. The highest BCUT2D eigenvalue weighted by atomic mass is 16.7. The maximum atomic E-state index is 12.1. The van der Waals surface area contributed by atoms with E-state index in [2.05, 4.69) is 12.2 Å². The predicted octanol–water partition coefficient (Wildman–Crippen LogP) is 3.26. The van der Waals surface area contributed by atoms with E-state index >= 15 is 0 Å². The van der Waals surface area contributed by atoms with E-state index in [1.54, 1.807) is 0 Å². The number of hydrogen-bond acceptors (Lipinski definition) is 4. The Bertz CT molecular complexity index is 768. The van der Waals surface area contributed by atoms with E-state index in [9.17, 15) is 9.59 Å². The molecule has 0 fully saturated rings. The largest absolute Gasteiger partial charge is 0.454 e. The van der Waals surface area contributed by atoms with Crippen LogP contribution in [-0.4, -0.2) is 18.5 Å². The van der Waals surface area contributed by atoms with Crippen LogP contribution in [0.15, 0.2) is 42.5 Å². The molecule has 2 aromatic rings. The fourth-order valence-corrected chi connectivity index (χ4v) is 2.64. The molecule has 130 valence electrons. The second-order valence-corrected chi connectivity index (χ2v) is 5.94. The molecule has 0 bridgehead atoms. The van der Waals surface area contributed by atoms with Gasteiger partial charge >= 0.3 is 0 Å². The first-order chi connectivity index (χ1) is 12.2. The number of ether oxygens (including phenoxy) is 2. The van der Waals surface area contributed by atoms with E-state index in [1.165, 1.54) is 5.56 Å². The van der Waals surface area contributed by atoms with E-state index in [4.69, 9.17) is 9.47 Å². The van der Waals surface area contributed by atoms with Gasteiger partial charge in [-0.2, -0.15) is 0 Å². The Morgan fingerprint density at radius 1 is 0.960 bits per heavy atom. The topological polar surface area (TPSA) is 64.6 Å². The normalized spacial score (nSPS) is 12.0. The average Bonchev–Trinajstić information content (AvgIpc) is 3.12. The molecule has 0 radical (unpaired) electrons. The Balaban J connectivity index is 1.45. The third kappa shape index (κ3) is 4.38. The van der Waals surface area contributed by atoms with Crippen molar-refractivity contribution in [1.29, 1.82) is 0 Å². The van der Waals surface area contributed by atoms with Crippen molar-refractivity contribution in [3.8, 4) is 11.5 Å². The molecule has 1 aliphatic heterocycles. The first-order valence-corrected chi connectivity index (χ1v) is 8.43. The number of carbonyl (C=O) groups is 2. The summed E-state index contributed by atoms with van der Waals surface area (Å²) in [6, 6.07) is 13.1. The Hall–Kier alpha value is -2.82. The Kier molecular flexibility index (Phi) is 5.33. The highest BCUT2D eigenvalue weighted by Crippen LogP contribution is 2.32. The number of carbonyl (C=O) groups excluding carboxylic acids is 2. The molecule has 1 heterocycles. The zero-order valence-corrected chi connectivity index (χ0v) is 14.2. The van der Waals surface area contributed by atoms with Gasteiger partial charge in [-0.05, 0) is 29.7 Å². The van der Waals surface area contributed by atoms with Gasteiger partial charge in [-0.25, -0.2) is 0 Å². The van der Waals surface area contributed by atoms with Crippen LogP contribution in [0.5, 0.6) is 11.5 Å². The maximum absolute atomic E-state index is 12.1. The predicted molar refractivity (Wildman–Crippen MR) is 93.8 cm³/mol. The van der Waals surface area contributed by atoms with E-state index in [0.29, 0.717) is 17.9 Å². The molecule has 1 aliphatic rings. The number of ketones is 1. The van der Waals surface area contributed by atoms with Crippen LogP contribution in [-0.2, 0) is 17.8 Å². The number of benzene rings is 2. The number of nitrogens with one attached hydrogen (secondary N) is 1. The van der Waals surface area contributed by atoms with E-state index in [-0.39, 0.29) is 31.3 Å². The number of rotatable bonds is 7. The molecule has 1 N–H and O–H groups in total. The summed E-state index contributed by atoms with van der Waals surface area (Å²) in [6.45, 7) is 2.70. The lowest BCUT2D eigenvalue weighted by Gasteiger charge is -2.06. The van der Waals surface area contributed by atoms with Crippen molar-refractivity contribution >= 4 is 11.7 Å². The highest BCUT2D eigenvalue weighted by molar-refractivity contribution is 5.97. The van der Waals surface area contributed by atoms with Gasteiger partial charge in [0.1, 0.15) is 0 Å². The van der Waals surface area contributed by atoms with Gasteiger partial charge in [-0.15, -0.1) is 0 Å². The van der Waals surface area contributed by atoms with Gasteiger partial charge in [-0.1, -0.05) is 37.3 Å². The van der Waals surface area contributed by atoms with Crippen LogP contribution >= 0.6 is 0 Å². The molecule has 0 saturated heterocycles. The molecule has 0 saturated carbocycles. The second-order valence-electron chi connectivity index (χ2n) is 5.94. The monoisotopic (exact) mass is 339 g/mol. The number of fused-ring (bicyclic) bond motifs is 1. The molecular formula is C20H21NO4. The Labute approximate surface area is 147 Å². The van der Waals surface area contributed by atoms with Gasteiger partial charge in [-0.3, -0.25) is 9.59 Å². The average molecular weight is 339 g/mol. The summed E-state index contributed by atoms with van der Waals surface area (Å²) in [4.78, 5) is 24.1. The Morgan fingerprint density at radius 2 is 1.68 bits per heavy atom. The standard InChI is InChI=1S/C20H21NO4/c1-2-14-3-6-16(7-4-14)17(22)8-10-20(23)21-12-15-5-9-18-19(11-15)25-13-24-18/h3-7,9,11H,2,8,10,12-13H2,1H3,(H,21,23). The van der Waals surface area contributed by atoms with E-state index in [1.807, 2.05) is 42.5 Å². The minimum absolute atomic E-state index is 0.0131.